The number of alkyl halides is 1. The Morgan fingerprint density at radius 2 is 2.33 bits per heavy atom. The van der Waals surface area contributed by atoms with E-state index < -0.39 is 0 Å². The predicted molar refractivity (Wildman–Crippen MR) is 60.1 cm³/mol. The van der Waals surface area contributed by atoms with Crippen LogP contribution in [0.4, 0.5) is 0 Å². The van der Waals surface area contributed by atoms with Gasteiger partial charge in [-0.2, -0.15) is 0 Å². The molecule has 0 bridgehead atoms. The highest BCUT2D eigenvalue weighted by molar-refractivity contribution is 9.09. The van der Waals surface area contributed by atoms with Gasteiger partial charge in [-0.05, 0) is 23.8 Å². The summed E-state index contributed by atoms with van der Waals surface area (Å²) in [5.41, 5.74) is 0. The van der Waals surface area contributed by atoms with Gasteiger partial charge in [0.05, 0.1) is 0 Å². The predicted octanol–water partition coefficient (Wildman–Crippen LogP) is 4.62. The fraction of sp³-hybridized carbons (Fsp3) is 0.600. The molecule has 2 unspecified atom stereocenters. The zero-order valence-electron chi connectivity index (χ0n) is 7.59. The summed E-state index contributed by atoms with van der Waals surface area (Å²) in [5.74, 6) is 0.816. The van der Waals surface area contributed by atoms with Crippen LogP contribution in [0.25, 0.3) is 0 Å². The van der Waals surface area contributed by atoms with Gasteiger partial charge in [0.2, 0.25) is 0 Å². The van der Waals surface area contributed by atoms with Crippen LogP contribution in [0.1, 0.15) is 36.4 Å². The lowest BCUT2D eigenvalue weighted by Crippen LogP contribution is -1.96. The lowest BCUT2D eigenvalue weighted by atomic mass is 10.0. The monoisotopic (exact) mass is 246 g/mol. The van der Waals surface area contributed by atoms with E-state index in [1.54, 1.807) is 0 Å². The third kappa shape index (κ3) is 2.91. The van der Waals surface area contributed by atoms with E-state index in [4.69, 9.17) is 0 Å². The van der Waals surface area contributed by atoms with Gasteiger partial charge >= 0.3 is 0 Å². The fourth-order valence-electron chi connectivity index (χ4n) is 1.11. The fourth-order valence-corrected chi connectivity index (χ4v) is 2.94. The molecule has 2 heteroatoms. The second kappa shape index (κ2) is 5.03. The Morgan fingerprint density at radius 1 is 1.58 bits per heavy atom. The van der Waals surface area contributed by atoms with Gasteiger partial charge in [-0.1, -0.05) is 42.3 Å². The van der Waals surface area contributed by atoms with Crippen molar-refractivity contribution in [3.63, 3.8) is 0 Å². The minimum atomic E-state index is 0.562. The maximum absolute atomic E-state index is 3.72. The van der Waals surface area contributed by atoms with Crippen LogP contribution in [0.3, 0.4) is 0 Å². The van der Waals surface area contributed by atoms with Crippen molar-refractivity contribution < 1.29 is 0 Å². The smallest absolute Gasteiger partial charge is 0.0491 e. The zero-order valence-corrected chi connectivity index (χ0v) is 9.99. The lowest BCUT2D eigenvalue weighted by Gasteiger charge is -2.12. The second-order valence-electron chi connectivity index (χ2n) is 3.23. The van der Waals surface area contributed by atoms with Crippen LogP contribution in [-0.2, 0) is 0 Å². The molecule has 1 aromatic heterocycles. The molecule has 1 aromatic rings. The number of hydrogen-bond donors (Lipinski definition) is 0. The van der Waals surface area contributed by atoms with Crippen molar-refractivity contribution >= 4 is 27.3 Å². The quantitative estimate of drug-likeness (QED) is 0.681. The van der Waals surface area contributed by atoms with E-state index >= 15 is 0 Å². The Labute approximate surface area is 87.1 Å². The van der Waals surface area contributed by atoms with E-state index in [1.807, 2.05) is 11.3 Å². The van der Waals surface area contributed by atoms with E-state index in [1.165, 1.54) is 17.7 Å². The van der Waals surface area contributed by atoms with Crippen LogP contribution in [0.2, 0.25) is 0 Å². The number of rotatable bonds is 4. The molecule has 0 saturated heterocycles. The third-order valence-electron chi connectivity index (χ3n) is 2.16. The van der Waals surface area contributed by atoms with Gasteiger partial charge in [0, 0.05) is 9.70 Å². The standard InChI is InChI=1S/C10H15BrS/c1-3-8(2)7-9(11)10-5-4-6-12-10/h4-6,8-9H,3,7H2,1-2H3. The minimum absolute atomic E-state index is 0.562. The molecular formula is C10H15BrS. The van der Waals surface area contributed by atoms with Crippen LogP contribution in [-0.4, -0.2) is 0 Å². The van der Waals surface area contributed by atoms with Gasteiger partial charge in [-0.15, -0.1) is 11.3 Å². The molecule has 1 rings (SSSR count). The first kappa shape index (κ1) is 10.3. The maximum Gasteiger partial charge on any atom is 0.0491 e. The summed E-state index contributed by atoms with van der Waals surface area (Å²) in [6.45, 7) is 4.56. The molecule has 0 aliphatic carbocycles. The van der Waals surface area contributed by atoms with E-state index in [2.05, 4.69) is 47.3 Å². The maximum atomic E-state index is 3.72. The largest absolute Gasteiger partial charge is 0.148 e. The van der Waals surface area contributed by atoms with Crippen molar-refractivity contribution in [1.29, 1.82) is 0 Å². The first-order valence-corrected chi connectivity index (χ1v) is 6.21. The summed E-state index contributed by atoms with van der Waals surface area (Å²) < 4.78 is 0. The summed E-state index contributed by atoms with van der Waals surface area (Å²) in [6.07, 6.45) is 2.52. The lowest BCUT2D eigenvalue weighted by molar-refractivity contribution is 0.516. The average molecular weight is 247 g/mol. The van der Waals surface area contributed by atoms with E-state index in [0.717, 1.165) is 5.92 Å². The molecule has 0 saturated carbocycles. The van der Waals surface area contributed by atoms with Gasteiger partial charge in [-0.25, -0.2) is 0 Å². The Hall–Kier alpha value is 0.180. The second-order valence-corrected chi connectivity index (χ2v) is 5.32. The van der Waals surface area contributed by atoms with Crippen LogP contribution in [0, 0.1) is 5.92 Å². The van der Waals surface area contributed by atoms with Gasteiger partial charge in [0.1, 0.15) is 0 Å². The average Bonchev–Trinajstić information content (AvgIpc) is 2.56. The molecule has 0 fully saturated rings. The Balaban J connectivity index is 2.44. The van der Waals surface area contributed by atoms with Crippen molar-refractivity contribution in [2.45, 2.75) is 31.5 Å². The highest BCUT2D eigenvalue weighted by atomic mass is 79.9. The normalized spacial score (nSPS) is 15.9. The van der Waals surface area contributed by atoms with Gasteiger partial charge in [0.15, 0.2) is 0 Å². The zero-order chi connectivity index (χ0) is 8.97. The van der Waals surface area contributed by atoms with Crippen molar-refractivity contribution in [2.24, 2.45) is 5.92 Å². The van der Waals surface area contributed by atoms with Crippen molar-refractivity contribution in [1.82, 2.24) is 0 Å². The molecule has 0 aromatic carbocycles. The number of thiophene rings is 1. The van der Waals surface area contributed by atoms with Crippen molar-refractivity contribution in [2.75, 3.05) is 0 Å². The number of halogens is 1. The first-order chi connectivity index (χ1) is 5.74. The summed E-state index contributed by atoms with van der Waals surface area (Å²) in [6, 6.07) is 4.32. The molecule has 1 heterocycles. The van der Waals surface area contributed by atoms with Crippen LogP contribution >= 0.6 is 27.3 Å². The molecule has 0 spiro atoms. The Bertz CT molecular complexity index is 206. The van der Waals surface area contributed by atoms with Crippen molar-refractivity contribution in [3.05, 3.63) is 22.4 Å². The van der Waals surface area contributed by atoms with Gasteiger partial charge < -0.3 is 0 Å². The Kier molecular flexibility index (Phi) is 4.30. The molecule has 12 heavy (non-hydrogen) atoms. The topological polar surface area (TPSA) is 0 Å². The molecule has 0 N–H and O–H groups in total. The third-order valence-corrected chi connectivity index (χ3v) is 4.31. The molecule has 2 atom stereocenters. The highest BCUT2D eigenvalue weighted by Gasteiger charge is 2.11. The molecule has 0 radical (unpaired) electrons. The van der Waals surface area contributed by atoms with Crippen LogP contribution in [0.15, 0.2) is 17.5 Å². The van der Waals surface area contributed by atoms with Crippen molar-refractivity contribution in [3.8, 4) is 0 Å². The summed E-state index contributed by atoms with van der Waals surface area (Å²) in [5, 5.41) is 2.14. The molecule has 0 aliphatic heterocycles. The van der Waals surface area contributed by atoms with Crippen LogP contribution < -0.4 is 0 Å². The SMILES string of the molecule is CCC(C)CC(Br)c1cccs1. The molecular weight excluding hydrogens is 232 g/mol. The highest BCUT2D eigenvalue weighted by Crippen LogP contribution is 2.33. The number of hydrogen-bond acceptors (Lipinski definition) is 1. The molecule has 0 amide bonds. The summed E-state index contributed by atoms with van der Waals surface area (Å²) in [7, 11) is 0. The van der Waals surface area contributed by atoms with Gasteiger partial charge in [-0.3, -0.25) is 0 Å². The van der Waals surface area contributed by atoms with E-state index in [-0.39, 0.29) is 0 Å². The Morgan fingerprint density at radius 3 is 2.83 bits per heavy atom. The van der Waals surface area contributed by atoms with Crippen LogP contribution in [0.5, 0.6) is 0 Å². The molecule has 0 aliphatic rings. The van der Waals surface area contributed by atoms with E-state index in [0.29, 0.717) is 4.83 Å². The minimum Gasteiger partial charge on any atom is -0.148 e. The summed E-state index contributed by atoms with van der Waals surface area (Å²) in [4.78, 5) is 2.02. The van der Waals surface area contributed by atoms with Gasteiger partial charge in [0.25, 0.3) is 0 Å². The molecule has 0 nitrogen and oxygen atoms in total. The molecule has 68 valence electrons. The summed E-state index contributed by atoms with van der Waals surface area (Å²) >= 11 is 5.55. The van der Waals surface area contributed by atoms with E-state index in [9.17, 15) is 0 Å². The first-order valence-electron chi connectivity index (χ1n) is 4.41.